The second-order valence-electron chi connectivity index (χ2n) is 8.19. The van der Waals surface area contributed by atoms with E-state index in [-0.39, 0.29) is 23.8 Å². The van der Waals surface area contributed by atoms with Crippen LogP contribution in [0.2, 0.25) is 5.02 Å². The molecule has 2 heterocycles. The van der Waals surface area contributed by atoms with Gasteiger partial charge in [-0.15, -0.1) is 28.1 Å². The number of hydrogen-bond donors (Lipinski definition) is 1. The average molecular weight is 587 g/mol. The van der Waals surface area contributed by atoms with E-state index in [0.29, 0.717) is 44.4 Å². The van der Waals surface area contributed by atoms with Crippen LogP contribution in [0.3, 0.4) is 0 Å². The lowest BCUT2D eigenvalue weighted by atomic mass is 10.0. The van der Waals surface area contributed by atoms with Crippen LogP contribution >= 0.6 is 34.7 Å². The number of amides is 1. The van der Waals surface area contributed by atoms with E-state index in [1.807, 2.05) is 17.6 Å². The van der Waals surface area contributed by atoms with Gasteiger partial charge in [-0.25, -0.2) is 9.18 Å². The van der Waals surface area contributed by atoms with E-state index in [0.717, 1.165) is 5.56 Å². The molecule has 1 amide bonds. The number of halogens is 2. The maximum absolute atomic E-state index is 13.4. The maximum atomic E-state index is 13.4. The van der Waals surface area contributed by atoms with Crippen LogP contribution in [0, 0.1) is 12.7 Å². The topological polar surface area (TPSA) is 95.3 Å². The second-order valence-corrected chi connectivity index (χ2v) is 10.4. The maximum Gasteiger partial charge on any atom is 0.341 e. The second kappa shape index (κ2) is 12.9. The number of ether oxygens (including phenoxy) is 2. The molecule has 0 aliphatic rings. The van der Waals surface area contributed by atoms with Crippen molar-refractivity contribution in [2.75, 3.05) is 18.2 Å². The van der Waals surface area contributed by atoms with Gasteiger partial charge in [0.2, 0.25) is 5.91 Å². The molecular formula is C27H24ClFN4O4S2. The van der Waals surface area contributed by atoms with Crippen molar-refractivity contribution in [2.24, 2.45) is 0 Å². The first kappa shape index (κ1) is 28.3. The number of esters is 1. The lowest BCUT2D eigenvalue weighted by Gasteiger charge is -2.10. The highest BCUT2D eigenvalue weighted by Crippen LogP contribution is 2.36. The molecule has 8 nitrogen and oxygen atoms in total. The van der Waals surface area contributed by atoms with Crippen LogP contribution in [0.4, 0.5) is 9.39 Å². The third-order valence-corrected chi connectivity index (χ3v) is 7.81. The molecule has 202 valence electrons. The van der Waals surface area contributed by atoms with Crippen LogP contribution in [-0.2, 0) is 22.7 Å². The number of benzene rings is 2. The summed E-state index contributed by atoms with van der Waals surface area (Å²) in [5.41, 5.74) is 2.28. The van der Waals surface area contributed by atoms with Crippen molar-refractivity contribution in [1.82, 2.24) is 14.8 Å². The van der Waals surface area contributed by atoms with E-state index in [2.05, 4.69) is 22.1 Å². The number of allylic oxidation sites excluding steroid dienone is 1. The van der Waals surface area contributed by atoms with Gasteiger partial charge in [0.05, 0.1) is 12.9 Å². The van der Waals surface area contributed by atoms with Gasteiger partial charge in [-0.3, -0.25) is 9.36 Å². The number of anilines is 1. The van der Waals surface area contributed by atoms with E-state index < -0.39 is 11.8 Å². The van der Waals surface area contributed by atoms with E-state index in [4.69, 9.17) is 21.1 Å². The number of rotatable bonds is 11. The number of aryl methyl sites for hydroxylation is 1. The number of thioether (sulfide) groups is 1. The van der Waals surface area contributed by atoms with Crippen molar-refractivity contribution >= 4 is 51.6 Å². The van der Waals surface area contributed by atoms with Crippen LogP contribution in [0.25, 0.3) is 11.1 Å². The molecule has 4 aromatic rings. The summed E-state index contributed by atoms with van der Waals surface area (Å²) in [6.07, 6.45) is 1.70. The third-order valence-electron chi connectivity index (χ3n) is 5.52. The van der Waals surface area contributed by atoms with Crippen LogP contribution in [0.15, 0.2) is 65.7 Å². The zero-order valence-electron chi connectivity index (χ0n) is 21.1. The minimum absolute atomic E-state index is 0.0108. The highest BCUT2D eigenvalue weighted by atomic mass is 35.5. The summed E-state index contributed by atoms with van der Waals surface area (Å²) < 4.78 is 26.0. The summed E-state index contributed by atoms with van der Waals surface area (Å²) in [6, 6.07) is 11.1. The number of aromatic nitrogens is 3. The molecule has 2 aromatic heterocycles. The predicted molar refractivity (Wildman–Crippen MR) is 151 cm³/mol. The normalized spacial score (nSPS) is 10.8. The molecule has 1 N–H and O–H groups in total. The molecule has 39 heavy (non-hydrogen) atoms. The van der Waals surface area contributed by atoms with E-state index in [1.165, 1.54) is 42.3 Å². The first-order valence-corrected chi connectivity index (χ1v) is 13.8. The molecule has 2 aromatic carbocycles. The molecule has 0 bridgehead atoms. The molecule has 0 aliphatic heterocycles. The number of nitrogens with zero attached hydrogens (tertiary/aromatic N) is 3. The Morgan fingerprint density at radius 3 is 2.69 bits per heavy atom. The number of methoxy groups -OCH3 is 1. The highest BCUT2D eigenvalue weighted by molar-refractivity contribution is 7.99. The minimum atomic E-state index is -0.607. The number of nitrogens with one attached hydrogen (secondary N) is 1. The minimum Gasteiger partial charge on any atom is -0.486 e. The zero-order chi connectivity index (χ0) is 27.9. The SMILES string of the molecule is C=CCn1c(COc2ccc(Cl)c(C)c2)nnc1SCC(=O)Nc1scc(-c2ccc(F)cc2)c1C(=O)OC. The molecule has 0 radical (unpaired) electrons. The van der Waals surface area contributed by atoms with Crippen molar-refractivity contribution in [2.45, 2.75) is 25.2 Å². The number of hydrogen-bond acceptors (Lipinski definition) is 8. The van der Waals surface area contributed by atoms with E-state index in [1.54, 1.807) is 35.7 Å². The first-order chi connectivity index (χ1) is 18.8. The fourth-order valence-electron chi connectivity index (χ4n) is 3.59. The van der Waals surface area contributed by atoms with Gasteiger partial charge in [0, 0.05) is 22.5 Å². The van der Waals surface area contributed by atoms with Crippen molar-refractivity contribution in [3.05, 3.63) is 88.3 Å². The van der Waals surface area contributed by atoms with Crippen molar-refractivity contribution in [1.29, 1.82) is 0 Å². The van der Waals surface area contributed by atoms with Gasteiger partial charge in [0.25, 0.3) is 0 Å². The first-order valence-electron chi connectivity index (χ1n) is 11.6. The van der Waals surface area contributed by atoms with Crippen LogP contribution in [-0.4, -0.2) is 39.5 Å². The predicted octanol–water partition coefficient (Wildman–Crippen LogP) is 6.39. The fraction of sp³-hybridized carbons (Fsp3) is 0.185. The van der Waals surface area contributed by atoms with Crippen LogP contribution in [0.5, 0.6) is 5.75 Å². The summed E-state index contributed by atoms with van der Waals surface area (Å²) in [5, 5.41) is 14.4. The largest absolute Gasteiger partial charge is 0.486 e. The van der Waals surface area contributed by atoms with Gasteiger partial charge in [-0.1, -0.05) is 41.6 Å². The Kier molecular flexibility index (Phi) is 9.39. The Labute approximate surface area is 237 Å². The van der Waals surface area contributed by atoms with Gasteiger partial charge in [0.1, 0.15) is 28.7 Å². The van der Waals surface area contributed by atoms with Crippen LogP contribution in [0.1, 0.15) is 21.7 Å². The van der Waals surface area contributed by atoms with Gasteiger partial charge in [-0.2, -0.15) is 0 Å². The smallest absolute Gasteiger partial charge is 0.341 e. The summed E-state index contributed by atoms with van der Waals surface area (Å²) >= 11 is 8.45. The zero-order valence-corrected chi connectivity index (χ0v) is 23.5. The third kappa shape index (κ3) is 6.86. The van der Waals surface area contributed by atoms with Gasteiger partial charge < -0.3 is 14.8 Å². The molecule has 0 aliphatic carbocycles. The molecule has 0 unspecified atom stereocenters. The van der Waals surface area contributed by atoms with Crippen LogP contribution < -0.4 is 10.1 Å². The summed E-state index contributed by atoms with van der Waals surface area (Å²) in [6.45, 7) is 6.27. The average Bonchev–Trinajstić information content (AvgIpc) is 3.52. The molecular weight excluding hydrogens is 563 g/mol. The molecule has 4 rings (SSSR count). The number of thiophene rings is 1. The number of carbonyl (C=O) groups excluding carboxylic acids is 2. The van der Waals surface area contributed by atoms with Crippen molar-refractivity contribution in [3.63, 3.8) is 0 Å². The quantitative estimate of drug-likeness (QED) is 0.124. The standard InChI is InChI=1S/C27H24ClFN4O4S2/c1-4-11-33-22(13-37-19-9-10-21(28)16(2)12-19)31-32-27(33)39-15-23(34)30-25-24(26(35)36-3)20(14-38-25)17-5-7-18(29)8-6-17/h4-10,12,14H,1,11,13,15H2,2-3H3,(H,30,34). The molecule has 0 atom stereocenters. The molecule has 0 spiro atoms. The summed E-state index contributed by atoms with van der Waals surface area (Å²) in [7, 11) is 1.26. The van der Waals surface area contributed by atoms with Gasteiger partial charge in [0.15, 0.2) is 11.0 Å². The lowest BCUT2D eigenvalue weighted by molar-refractivity contribution is -0.113. The van der Waals surface area contributed by atoms with Gasteiger partial charge in [-0.05, 0) is 48.4 Å². The number of carbonyl (C=O) groups is 2. The monoisotopic (exact) mass is 586 g/mol. The Morgan fingerprint density at radius 1 is 1.23 bits per heavy atom. The lowest BCUT2D eigenvalue weighted by Crippen LogP contribution is -2.16. The summed E-state index contributed by atoms with van der Waals surface area (Å²) in [5.74, 6) is -0.114. The molecule has 0 saturated heterocycles. The van der Waals surface area contributed by atoms with E-state index in [9.17, 15) is 14.0 Å². The Hall–Kier alpha value is -3.67. The highest BCUT2D eigenvalue weighted by Gasteiger charge is 2.23. The van der Waals surface area contributed by atoms with Gasteiger partial charge >= 0.3 is 5.97 Å². The molecule has 0 fully saturated rings. The fourth-order valence-corrected chi connectivity index (χ4v) is 5.45. The van der Waals surface area contributed by atoms with Crippen molar-refractivity contribution in [3.8, 4) is 16.9 Å². The Morgan fingerprint density at radius 2 is 2.00 bits per heavy atom. The molecule has 12 heteroatoms. The van der Waals surface area contributed by atoms with Crippen molar-refractivity contribution < 1.29 is 23.5 Å². The molecule has 0 saturated carbocycles. The Bertz CT molecular complexity index is 1500. The van der Waals surface area contributed by atoms with E-state index >= 15 is 0 Å². The Balaban J connectivity index is 1.44. The summed E-state index contributed by atoms with van der Waals surface area (Å²) in [4.78, 5) is 25.4.